The molecule has 140 valence electrons. The van der Waals surface area contributed by atoms with Crippen LogP contribution < -0.4 is 0 Å². The molecule has 1 aliphatic heterocycles. The van der Waals surface area contributed by atoms with Crippen molar-refractivity contribution in [1.29, 1.82) is 0 Å². The third-order valence-electron chi connectivity index (χ3n) is 6.97. The second-order valence-corrected chi connectivity index (χ2v) is 8.87. The molecule has 25 heavy (non-hydrogen) atoms. The highest BCUT2D eigenvalue weighted by Crippen LogP contribution is 2.60. The molecule has 2 aliphatic carbocycles. The summed E-state index contributed by atoms with van der Waals surface area (Å²) in [5, 5.41) is 0. The Balaban J connectivity index is 1.62. The van der Waals surface area contributed by atoms with Gasteiger partial charge in [0.1, 0.15) is 5.78 Å². The van der Waals surface area contributed by atoms with E-state index in [-0.39, 0.29) is 23.1 Å². The Labute approximate surface area is 151 Å². The number of allylic oxidation sites excluding steroid dienone is 1. The third kappa shape index (κ3) is 3.55. The number of epoxide rings is 1. The number of esters is 1. The fraction of sp³-hybridized carbons (Fsp3) is 0.810. The lowest BCUT2D eigenvalue weighted by Crippen LogP contribution is -2.52. The van der Waals surface area contributed by atoms with Crippen LogP contribution in [0.3, 0.4) is 0 Å². The molecule has 0 radical (unpaired) electrons. The van der Waals surface area contributed by atoms with Gasteiger partial charge >= 0.3 is 5.97 Å². The van der Waals surface area contributed by atoms with E-state index in [1.165, 1.54) is 12.5 Å². The summed E-state index contributed by atoms with van der Waals surface area (Å²) in [5.74, 6) is 0.908. The van der Waals surface area contributed by atoms with E-state index in [0.29, 0.717) is 36.6 Å². The molecule has 3 rings (SSSR count). The molecule has 1 saturated heterocycles. The predicted octanol–water partition coefficient (Wildman–Crippen LogP) is 4.22. The molecule has 2 saturated carbocycles. The predicted molar refractivity (Wildman–Crippen MR) is 96.1 cm³/mol. The molecule has 3 fully saturated rings. The number of fused-ring (bicyclic) bond motifs is 2. The van der Waals surface area contributed by atoms with Crippen molar-refractivity contribution in [3.63, 3.8) is 0 Å². The fourth-order valence-corrected chi connectivity index (χ4v) is 5.08. The van der Waals surface area contributed by atoms with Gasteiger partial charge in [0.05, 0.1) is 17.8 Å². The van der Waals surface area contributed by atoms with E-state index in [1.807, 2.05) is 6.92 Å². The number of hydrogen-bond donors (Lipinski definition) is 0. The van der Waals surface area contributed by atoms with E-state index >= 15 is 0 Å². The molecule has 0 aromatic heterocycles. The van der Waals surface area contributed by atoms with Gasteiger partial charge in [-0.15, -0.1) is 0 Å². The van der Waals surface area contributed by atoms with E-state index < -0.39 is 0 Å². The summed E-state index contributed by atoms with van der Waals surface area (Å²) in [4.78, 5) is 24.0. The molecule has 0 bridgehead atoms. The van der Waals surface area contributed by atoms with Crippen molar-refractivity contribution >= 4 is 11.8 Å². The second kappa shape index (κ2) is 6.53. The summed E-state index contributed by atoms with van der Waals surface area (Å²) < 4.78 is 11.1. The van der Waals surface area contributed by atoms with Gasteiger partial charge in [0.25, 0.3) is 0 Å². The molecule has 0 aromatic rings. The maximum Gasteiger partial charge on any atom is 0.302 e. The van der Waals surface area contributed by atoms with Crippen LogP contribution in [0.5, 0.6) is 0 Å². The van der Waals surface area contributed by atoms with Crippen LogP contribution in [0, 0.1) is 17.3 Å². The summed E-state index contributed by atoms with van der Waals surface area (Å²) in [6, 6.07) is 0. The fourth-order valence-electron chi connectivity index (χ4n) is 5.08. The molecule has 1 heterocycles. The van der Waals surface area contributed by atoms with Crippen molar-refractivity contribution < 1.29 is 19.1 Å². The average Bonchev–Trinajstić information content (AvgIpc) is 3.16. The lowest BCUT2D eigenvalue weighted by Gasteiger charge is -2.54. The van der Waals surface area contributed by atoms with E-state index in [1.54, 1.807) is 0 Å². The number of rotatable bonds is 5. The van der Waals surface area contributed by atoms with Crippen molar-refractivity contribution in [2.24, 2.45) is 17.3 Å². The quantitative estimate of drug-likeness (QED) is 0.424. The van der Waals surface area contributed by atoms with E-state index in [0.717, 1.165) is 32.1 Å². The molecule has 4 heteroatoms. The van der Waals surface area contributed by atoms with E-state index in [2.05, 4.69) is 20.4 Å². The van der Waals surface area contributed by atoms with Crippen LogP contribution >= 0.6 is 0 Å². The zero-order valence-corrected chi connectivity index (χ0v) is 16.1. The minimum absolute atomic E-state index is 0.0263. The summed E-state index contributed by atoms with van der Waals surface area (Å²) in [6.45, 7) is 11.9. The zero-order chi connectivity index (χ0) is 18.4. The first-order valence-corrected chi connectivity index (χ1v) is 9.72. The normalized spacial score (nSPS) is 41.1. The van der Waals surface area contributed by atoms with Gasteiger partial charge in [0.2, 0.25) is 0 Å². The van der Waals surface area contributed by atoms with Gasteiger partial charge < -0.3 is 9.47 Å². The first-order chi connectivity index (χ1) is 11.7. The topological polar surface area (TPSA) is 55.9 Å². The summed E-state index contributed by atoms with van der Waals surface area (Å²) in [7, 11) is 0. The zero-order valence-electron chi connectivity index (χ0n) is 16.1. The van der Waals surface area contributed by atoms with Crippen LogP contribution in [0.4, 0.5) is 0 Å². The Bertz CT molecular complexity index is 582. The Hall–Kier alpha value is -1.16. The standard InChI is InChI=1S/C21H32O4/c1-13-6-9-19-21(5,25-19)11-10-17-16(13)12-20(17,4)18(23)8-7-14(2)24-15(3)22/h14,16-17,19H,1,6-12H2,2-5H3/t14?,16-,17?,19?,20-,21-/m0/s1. The smallest absolute Gasteiger partial charge is 0.302 e. The Morgan fingerprint density at radius 1 is 1.36 bits per heavy atom. The summed E-state index contributed by atoms with van der Waals surface area (Å²) in [5.41, 5.74) is 1.08. The minimum atomic E-state index is -0.283. The Morgan fingerprint density at radius 2 is 2.08 bits per heavy atom. The molecule has 0 amide bonds. The number of hydrogen-bond acceptors (Lipinski definition) is 4. The maximum atomic E-state index is 13.0. The molecular weight excluding hydrogens is 316 g/mol. The maximum absolute atomic E-state index is 13.0. The van der Waals surface area contributed by atoms with Gasteiger partial charge in [-0.1, -0.05) is 19.1 Å². The van der Waals surface area contributed by atoms with Crippen LogP contribution in [-0.4, -0.2) is 29.6 Å². The van der Waals surface area contributed by atoms with Crippen molar-refractivity contribution in [1.82, 2.24) is 0 Å². The Morgan fingerprint density at radius 3 is 2.76 bits per heavy atom. The molecule has 3 aliphatic rings. The number of ether oxygens (including phenoxy) is 2. The van der Waals surface area contributed by atoms with Crippen molar-refractivity contribution in [3.8, 4) is 0 Å². The second-order valence-electron chi connectivity index (χ2n) is 8.87. The number of carbonyl (C=O) groups excluding carboxylic acids is 2. The van der Waals surface area contributed by atoms with Gasteiger partial charge in [-0.05, 0) is 64.2 Å². The van der Waals surface area contributed by atoms with Crippen LogP contribution in [0.25, 0.3) is 0 Å². The summed E-state index contributed by atoms with van der Waals surface area (Å²) in [6.07, 6.45) is 6.38. The van der Waals surface area contributed by atoms with Gasteiger partial charge in [0, 0.05) is 18.8 Å². The largest absolute Gasteiger partial charge is 0.463 e. The first-order valence-electron chi connectivity index (χ1n) is 9.72. The van der Waals surface area contributed by atoms with E-state index in [4.69, 9.17) is 9.47 Å². The molecule has 3 unspecified atom stereocenters. The lowest BCUT2D eigenvalue weighted by molar-refractivity contribution is -0.149. The highest BCUT2D eigenvalue weighted by Gasteiger charge is 2.59. The van der Waals surface area contributed by atoms with Gasteiger partial charge in [-0.3, -0.25) is 9.59 Å². The van der Waals surface area contributed by atoms with Gasteiger partial charge in [-0.2, -0.15) is 0 Å². The van der Waals surface area contributed by atoms with Crippen LogP contribution in [-0.2, 0) is 19.1 Å². The van der Waals surface area contributed by atoms with Crippen molar-refractivity contribution in [2.75, 3.05) is 0 Å². The highest BCUT2D eigenvalue weighted by molar-refractivity contribution is 5.86. The van der Waals surface area contributed by atoms with Crippen LogP contribution in [0.1, 0.15) is 72.6 Å². The van der Waals surface area contributed by atoms with Crippen LogP contribution in [0.15, 0.2) is 12.2 Å². The summed E-state index contributed by atoms with van der Waals surface area (Å²) >= 11 is 0. The molecular formula is C21H32O4. The number of Topliss-reactive ketones (excluding diaryl/α,β-unsaturated/α-hetero) is 1. The SMILES string of the molecule is C=C1CCC2O[C@@]2(C)CCC2[C@H]1C[C@]2(C)C(=O)CCC(C)OC(C)=O. The van der Waals surface area contributed by atoms with Gasteiger partial charge in [-0.25, -0.2) is 0 Å². The van der Waals surface area contributed by atoms with Gasteiger partial charge in [0.15, 0.2) is 0 Å². The molecule has 0 spiro atoms. The minimum Gasteiger partial charge on any atom is -0.463 e. The molecule has 0 N–H and O–H groups in total. The van der Waals surface area contributed by atoms with Crippen molar-refractivity contribution in [3.05, 3.63) is 12.2 Å². The molecule has 0 aromatic carbocycles. The average molecular weight is 348 g/mol. The number of ketones is 1. The number of carbonyl (C=O) groups is 2. The monoisotopic (exact) mass is 348 g/mol. The lowest BCUT2D eigenvalue weighted by atomic mass is 9.49. The molecule has 6 atom stereocenters. The first kappa shape index (κ1) is 18.6. The van der Waals surface area contributed by atoms with Crippen molar-refractivity contribution in [2.45, 2.75) is 90.4 Å². The third-order valence-corrected chi connectivity index (χ3v) is 6.97. The van der Waals surface area contributed by atoms with Crippen LogP contribution in [0.2, 0.25) is 0 Å². The molecule has 4 nitrogen and oxygen atoms in total. The Kier molecular flexibility index (Phi) is 4.87. The van der Waals surface area contributed by atoms with E-state index in [9.17, 15) is 9.59 Å². The highest BCUT2D eigenvalue weighted by atomic mass is 16.6.